The third-order valence-electron chi connectivity index (χ3n) is 3.87. The van der Waals surface area contributed by atoms with Gasteiger partial charge in [-0.05, 0) is 53.9 Å². The normalized spacial score (nSPS) is 16.3. The van der Waals surface area contributed by atoms with Gasteiger partial charge in [0.05, 0.1) is 4.47 Å². The number of esters is 1. The lowest BCUT2D eigenvalue weighted by Crippen LogP contribution is -2.43. The monoisotopic (exact) mass is 417 g/mol. The summed E-state index contributed by atoms with van der Waals surface area (Å²) in [5.41, 5.74) is 0. The van der Waals surface area contributed by atoms with Crippen molar-refractivity contribution >= 4 is 39.4 Å². The molecule has 1 amide bonds. The molecule has 1 N–H and O–H groups in total. The van der Waals surface area contributed by atoms with E-state index >= 15 is 0 Å². The number of nitrogens with one attached hydrogen (secondary N) is 1. The van der Waals surface area contributed by atoms with E-state index in [9.17, 15) is 9.59 Å². The molecule has 1 aliphatic carbocycles. The summed E-state index contributed by atoms with van der Waals surface area (Å²) in [5, 5.41) is 3.49. The van der Waals surface area contributed by atoms with Gasteiger partial charge in [0, 0.05) is 11.1 Å². The van der Waals surface area contributed by atoms with Gasteiger partial charge in [-0.25, -0.2) is 4.79 Å². The maximum Gasteiger partial charge on any atom is 0.344 e. The predicted octanol–water partition coefficient (Wildman–Crippen LogP) is 3.86. The van der Waals surface area contributed by atoms with Crippen LogP contribution in [0.25, 0.3) is 0 Å². The first-order valence-electron chi connectivity index (χ1n) is 8.03. The Morgan fingerprint density at radius 1 is 1.33 bits per heavy atom. The summed E-state index contributed by atoms with van der Waals surface area (Å²) in [7, 11) is 0. The topological polar surface area (TPSA) is 64.6 Å². The second kappa shape index (κ2) is 9.28. The highest BCUT2D eigenvalue weighted by Gasteiger charge is 2.22. The van der Waals surface area contributed by atoms with Gasteiger partial charge in [-0.3, -0.25) is 4.79 Å². The third kappa shape index (κ3) is 5.98. The van der Waals surface area contributed by atoms with Crippen molar-refractivity contribution in [3.8, 4) is 5.75 Å². The maximum atomic E-state index is 12.1. The number of amides is 1. The van der Waals surface area contributed by atoms with Crippen molar-refractivity contribution in [2.75, 3.05) is 6.61 Å². The maximum absolute atomic E-state index is 12.1. The number of carbonyl (C=O) groups is 2. The van der Waals surface area contributed by atoms with Crippen molar-refractivity contribution in [2.24, 2.45) is 0 Å². The van der Waals surface area contributed by atoms with Crippen molar-refractivity contribution in [3.05, 3.63) is 27.7 Å². The average molecular weight is 419 g/mol. The Labute approximate surface area is 155 Å². The minimum atomic E-state index is -0.836. The number of ether oxygens (including phenoxy) is 2. The third-order valence-corrected chi connectivity index (χ3v) is 4.72. The molecule has 0 heterocycles. The number of benzene rings is 1. The molecule has 0 radical (unpaired) electrons. The van der Waals surface area contributed by atoms with E-state index in [2.05, 4.69) is 21.2 Å². The highest BCUT2D eigenvalue weighted by Crippen LogP contribution is 2.27. The Balaban J connectivity index is 1.75. The Bertz CT molecular complexity index is 590. The molecule has 0 aromatic heterocycles. The SMILES string of the molecule is C[C@H](OC(=O)COc1ccc(Cl)cc1Br)C(=O)NC1CCCCC1. The minimum Gasteiger partial charge on any atom is -0.481 e. The number of halogens is 2. The summed E-state index contributed by atoms with van der Waals surface area (Å²) in [6.07, 6.45) is 4.61. The minimum absolute atomic E-state index is 0.189. The van der Waals surface area contributed by atoms with Crippen LogP contribution < -0.4 is 10.1 Å². The smallest absolute Gasteiger partial charge is 0.344 e. The summed E-state index contributed by atoms with van der Waals surface area (Å²) >= 11 is 9.14. The van der Waals surface area contributed by atoms with Gasteiger partial charge in [0.2, 0.25) is 0 Å². The molecule has 5 nitrogen and oxygen atoms in total. The van der Waals surface area contributed by atoms with E-state index in [-0.39, 0.29) is 18.6 Å². The number of carbonyl (C=O) groups excluding carboxylic acids is 2. The second-order valence-electron chi connectivity index (χ2n) is 5.84. The molecular formula is C17H21BrClNO4. The highest BCUT2D eigenvalue weighted by molar-refractivity contribution is 9.10. The summed E-state index contributed by atoms with van der Waals surface area (Å²) in [6.45, 7) is 1.29. The summed E-state index contributed by atoms with van der Waals surface area (Å²) in [4.78, 5) is 23.9. The van der Waals surface area contributed by atoms with Crippen molar-refractivity contribution in [2.45, 2.75) is 51.2 Å². The molecule has 0 bridgehead atoms. The van der Waals surface area contributed by atoms with Gasteiger partial charge in [-0.15, -0.1) is 0 Å². The predicted molar refractivity (Wildman–Crippen MR) is 95.2 cm³/mol. The summed E-state index contributed by atoms with van der Waals surface area (Å²) < 4.78 is 11.1. The average Bonchev–Trinajstić information content (AvgIpc) is 2.55. The molecule has 0 aliphatic heterocycles. The molecule has 2 rings (SSSR count). The van der Waals surface area contributed by atoms with Crippen LogP contribution in [0.2, 0.25) is 5.02 Å². The van der Waals surface area contributed by atoms with Crippen LogP contribution in [0.4, 0.5) is 0 Å². The Morgan fingerprint density at radius 2 is 2.04 bits per heavy atom. The molecule has 1 aromatic carbocycles. The molecule has 1 fully saturated rings. The van der Waals surface area contributed by atoms with E-state index in [0.717, 1.165) is 25.7 Å². The van der Waals surface area contributed by atoms with Crippen LogP contribution in [-0.2, 0) is 14.3 Å². The zero-order valence-electron chi connectivity index (χ0n) is 13.5. The first-order chi connectivity index (χ1) is 11.5. The Morgan fingerprint density at radius 3 is 2.71 bits per heavy atom. The number of rotatable bonds is 6. The van der Waals surface area contributed by atoms with Crippen LogP contribution in [0.1, 0.15) is 39.0 Å². The lowest BCUT2D eigenvalue weighted by Gasteiger charge is -2.24. The van der Waals surface area contributed by atoms with Crippen LogP contribution in [0.5, 0.6) is 5.75 Å². The first kappa shape index (κ1) is 19.1. The van der Waals surface area contributed by atoms with Gasteiger partial charge >= 0.3 is 5.97 Å². The molecule has 0 saturated heterocycles. The molecule has 0 spiro atoms. The van der Waals surface area contributed by atoms with Gasteiger partial charge < -0.3 is 14.8 Å². The van der Waals surface area contributed by atoms with E-state index < -0.39 is 12.1 Å². The lowest BCUT2D eigenvalue weighted by molar-refractivity contribution is -0.156. The Hall–Kier alpha value is -1.27. The Kier molecular flexibility index (Phi) is 7.37. The van der Waals surface area contributed by atoms with Crippen LogP contribution >= 0.6 is 27.5 Å². The second-order valence-corrected chi connectivity index (χ2v) is 7.13. The van der Waals surface area contributed by atoms with Gasteiger partial charge in [0.15, 0.2) is 12.7 Å². The summed E-state index contributed by atoms with van der Waals surface area (Å²) in [5.74, 6) is -0.373. The highest BCUT2D eigenvalue weighted by atomic mass is 79.9. The largest absolute Gasteiger partial charge is 0.481 e. The quantitative estimate of drug-likeness (QED) is 0.713. The van der Waals surface area contributed by atoms with Gasteiger partial charge in [-0.2, -0.15) is 0 Å². The fourth-order valence-corrected chi connectivity index (χ4v) is 3.38. The fourth-order valence-electron chi connectivity index (χ4n) is 2.58. The molecule has 1 atom stereocenters. The first-order valence-corrected chi connectivity index (χ1v) is 9.20. The van der Waals surface area contributed by atoms with Crippen molar-refractivity contribution in [3.63, 3.8) is 0 Å². The van der Waals surface area contributed by atoms with Crippen molar-refractivity contribution < 1.29 is 19.1 Å². The van der Waals surface area contributed by atoms with E-state index in [0.29, 0.717) is 15.2 Å². The molecule has 0 unspecified atom stereocenters. The van der Waals surface area contributed by atoms with Crippen LogP contribution in [0, 0.1) is 0 Å². The summed E-state index contributed by atoms with van der Waals surface area (Å²) in [6, 6.07) is 5.17. The van der Waals surface area contributed by atoms with Gasteiger partial charge in [0.1, 0.15) is 5.75 Å². The van der Waals surface area contributed by atoms with Crippen LogP contribution in [0.15, 0.2) is 22.7 Å². The molecule has 132 valence electrons. The van der Waals surface area contributed by atoms with E-state index in [1.165, 1.54) is 6.42 Å². The van der Waals surface area contributed by atoms with Crippen LogP contribution in [0.3, 0.4) is 0 Å². The van der Waals surface area contributed by atoms with E-state index in [1.54, 1.807) is 25.1 Å². The van der Waals surface area contributed by atoms with Crippen molar-refractivity contribution in [1.29, 1.82) is 0 Å². The molecule has 24 heavy (non-hydrogen) atoms. The molecule has 1 saturated carbocycles. The van der Waals surface area contributed by atoms with E-state index in [4.69, 9.17) is 21.1 Å². The molecule has 1 aliphatic rings. The van der Waals surface area contributed by atoms with Gasteiger partial charge in [-0.1, -0.05) is 30.9 Å². The standard InChI is InChI=1S/C17H21BrClNO4/c1-11(17(22)20-13-5-3-2-4-6-13)24-16(21)10-23-15-8-7-12(19)9-14(15)18/h7-9,11,13H,2-6,10H2,1H3,(H,20,22)/t11-/m0/s1. The molecular weight excluding hydrogens is 398 g/mol. The lowest BCUT2D eigenvalue weighted by atomic mass is 9.95. The molecule has 7 heteroatoms. The molecule has 1 aromatic rings. The zero-order chi connectivity index (χ0) is 17.5. The number of hydrogen-bond acceptors (Lipinski definition) is 4. The van der Waals surface area contributed by atoms with E-state index in [1.807, 2.05) is 0 Å². The fraction of sp³-hybridized carbons (Fsp3) is 0.529. The number of hydrogen-bond donors (Lipinski definition) is 1. The van der Waals surface area contributed by atoms with Crippen LogP contribution in [-0.4, -0.2) is 30.6 Å². The van der Waals surface area contributed by atoms with Crippen molar-refractivity contribution in [1.82, 2.24) is 5.32 Å². The van der Waals surface area contributed by atoms with Gasteiger partial charge in [0.25, 0.3) is 5.91 Å². The zero-order valence-corrected chi connectivity index (χ0v) is 15.9.